The first-order valence-corrected chi connectivity index (χ1v) is 12.7. The first-order chi connectivity index (χ1) is 17.0. The lowest BCUT2D eigenvalue weighted by molar-refractivity contribution is -0.131. The third kappa shape index (κ3) is 3.56. The van der Waals surface area contributed by atoms with Crippen molar-refractivity contribution < 1.29 is 14.4 Å². The van der Waals surface area contributed by atoms with E-state index >= 15 is 0 Å². The maximum absolute atomic E-state index is 13.3. The van der Waals surface area contributed by atoms with Crippen LogP contribution in [0.4, 0.5) is 5.69 Å². The Balaban J connectivity index is 1.11. The largest absolute Gasteiger partial charge is 0.342 e. The first kappa shape index (κ1) is 20.9. The van der Waals surface area contributed by atoms with E-state index in [0.717, 1.165) is 79.0 Å². The number of rotatable bonds is 5. The highest BCUT2D eigenvalue weighted by Crippen LogP contribution is 2.46. The molecule has 1 spiro atoms. The van der Waals surface area contributed by atoms with E-state index in [-0.39, 0.29) is 17.7 Å². The van der Waals surface area contributed by atoms with Gasteiger partial charge in [0.15, 0.2) is 0 Å². The molecule has 0 unspecified atom stereocenters. The summed E-state index contributed by atoms with van der Waals surface area (Å²) in [6.07, 6.45) is 5.08. The number of anilines is 1. The first-order valence-electron chi connectivity index (χ1n) is 12.7. The van der Waals surface area contributed by atoms with Gasteiger partial charge in [-0.15, -0.1) is 0 Å². The fourth-order valence-electron chi connectivity index (χ4n) is 5.73. The molecule has 0 bridgehead atoms. The second-order valence-electron chi connectivity index (χ2n) is 10.8. The van der Waals surface area contributed by atoms with E-state index in [1.807, 2.05) is 40.1 Å². The third-order valence-electron chi connectivity index (χ3n) is 8.12. The molecule has 3 amide bonds. The number of amidine groups is 1. The maximum Gasteiger partial charge on any atom is 0.256 e. The molecule has 2 aromatic carbocycles. The Bertz CT molecular complexity index is 1290. The van der Waals surface area contributed by atoms with Crippen LogP contribution in [0.5, 0.6) is 0 Å². The minimum Gasteiger partial charge on any atom is -0.342 e. The molecule has 1 atom stereocenters. The Morgan fingerprint density at radius 3 is 2.49 bits per heavy atom. The number of likely N-dealkylation sites (tertiary alicyclic amines) is 1. The lowest BCUT2D eigenvalue weighted by atomic mass is 10.0. The molecule has 5 aliphatic rings. The van der Waals surface area contributed by atoms with Crippen LogP contribution >= 0.6 is 0 Å². The summed E-state index contributed by atoms with van der Waals surface area (Å²) < 4.78 is 0. The molecule has 35 heavy (non-hydrogen) atoms. The van der Waals surface area contributed by atoms with Crippen molar-refractivity contribution in [2.45, 2.75) is 44.1 Å². The van der Waals surface area contributed by atoms with Crippen molar-refractivity contribution >= 4 is 29.2 Å². The summed E-state index contributed by atoms with van der Waals surface area (Å²) in [4.78, 5) is 46.3. The van der Waals surface area contributed by atoms with Crippen molar-refractivity contribution in [2.24, 2.45) is 16.8 Å². The molecule has 7 heteroatoms. The van der Waals surface area contributed by atoms with Crippen LogP contribution in [-0.2, 0) is 20.8 Å². The molecule has 3 heterocycles. The molecule has 178 valence electrons. The topological polar surface area (TPSA) is 82.1 Å². The van der Waals surface area contributed by atoms with E-state index in [9.17, 15) is 14.4 Å². The fraction of sp³-hybridized carbons (Fsp3) is 0.429. The van der Waals surface area contributed by atoms with Crippen molar-refractivity contribution in [3.63, 3.8) is 0 Å². The van der Waals surface area contributed by atoms with Gasteiger partial charge in [0.25, 0.3) is 5.91 Å². The molecule has 7 rings (SSSR count). The van der Waals surface area contributed by atoms with Crippen LogP contribution in [0.25, 0.3) is 11.1 Å². The summed E-state index contributed by atoms with van der Waals surface area (Å²) in [5.41, 5.74) is 4.42. The number of hydrogen-bond acceptors (Lipinski definition) is 4. The smallest absolute Gasteiger partial charge is 0.256 e. The second kappa shape index (κ2) is 7.51. The van der Waals surface area contributed by atoms with Gasteiger partial charge >= 0.3 is 0 Å². The number of carbonyl (C=O) groups is 3. The van der Waals surface area contributed by atoms with Gasteiger partial charge in [0.05, 0.1) is 6.42 Å². The van der Waals surface area contributed by atoms with E-state index in [1.54, 1.807) is 0 Å². The fourth-order valence-corrected chi connectivity index (χ4v) is 5.73. The Morgan fingerprint density at radius 2 is 1.74 bits per heavy atom. The minimum atomic E-state index is -0.547. The van der Waals surface area contributed by atoms with Crippen molar-refractivity contribution in [1.29, 1.82) is 0 Å². The van der Waals surface area contributed by atoms with E-state index in [1.165, 1.54) is 0 Å². The van der Waals surface area contributed by atoms with Crippen LogP contribution in [0.1, 0.15) is 43.2 Å². The van der Waals surface area contributed by atoms with E-state index < -0.39 is 5.54 Å². The standard InChI is InChI=1S/C28H28N4O3/c33-24-14-22-8-7-21(13-23(22)29-24)18-1-3-19(4-2-18)25-30-28(10-11-28)27(35)32(25)16-17-9-12-31(15-17)26(34)20-5-6-20/h1-4,7-8,13,17,20H,5-6,9-12,14-16H2,(H,29,33)/t17-/m1/s1. The Labute approximate surface area is 204 Å². The minimum absolute atomic E-state index is 0.0350. The summed E-state index contributed by atoms with van der Waals surface area (Å²) in [5, 5.41) is 2.92. The average molecular weight is 469 g/mol. The van der Waals surface area contributed by atoms with Crippen molar-refractivity contribution in [3.8, 4) is 11.1 Å². The number of carbonyl (C=O) groups excluding carboxylic acids is 3. The number of amides is 3. The highest BCUT2D eigenvalue weighted by Gasteiger charge is 2.57. The van der Waals surface area contributed by atoms with Gasteiger partial charge in [0.1, 0.15) is 11.4 Å². The molecule has 7 nitrogen and oxygen atoms in total. The second-order valence-corrected chi connectivity index (χ2v) is 10.8. The van der Waals surface area contributed by atoms with Gasteiger partial charge in [0, 0.05) is 36.8 Å². The normalized spacial score (nSPS) is 24.1. The molecular weight excluding hydrogens is 440 g/mol. The molecule has 2 aliphatic carbocycles. The number of fused-ring (bicyclic) bond motifs is 1. The van der Waals surface area contributed by atoms with Gasteiger partial charge in [-0.2, -0.15) is 0 Å². The lowest BCUT2D eigenvalue weighted by Gasteiger charge is -2.23. The van der Waals surface area contributed by atoms with Crippen LogP contribution in [0.2, 0.25) is 0 Å². The zero-order valence-corrected chi connectivity index (χ0v) is 19.6. The third-order valence-corrected chi connectivity index (χ3v) is 8.12. The predicted octanol–water partition coefficient (Wildman–Crippen LogP) is 3.23. The van der Waals surface area contributed by atoms with E-state index in [2.05, 4.69) is 17.4 Å². The number of hydrogen-bond donors (Lipinski definition) is 1. The number of aliphatic imine (C=N–C) groups is 1. The summed E-state index contributed by atoms with van der Waals surface area (Å²) in [5.74, 6) is 1.77. The van der Waals surface area contributed by atoms with Crippen molar-refractivity contribution in [3.05, 3.63) is 53.6 Å². The van der Waals surface area contributed by atoms with E-state index in [4.69, 9.17) is 4.99 Å². The van der Waals surface area contributed by atoms with Gasteiger partial charge in [0.2, 0.25) is 11.8 Å². The van der Waals surface area contributed by atoms with Gasteiger partial charge in [-0.3, -0.25) is 24.3 Å². The van der Waals surface area contributed by atoms with Crippen LogP contribution in [0.3, 0.4) is 0 Å². The van der Waals surface area contributed by atoms with Crippen LogP contribution in [-0.4, -0.2) is 58.5 Å². The zero-order valence-electron chi connectivity index (χ0n) is 19.6. The summed E-state index contributed by atoms with van der Waals surface area (Å²) in [6, 6.07) is 14.3. The van der Waals surface area contributed by atoms with Gasteiger partial charge in [-0.25, -0.2) is 0 Å². The summed E-state index contributed by atoms with van der Waals surface area (Å²) >= 11 is 0. The van der Waals surface area contributed by atoms with Gasteiger partial charge in [-0.1, -0.05) is 36.4 Å². The van der Waals surface area contributed by atoms with Gasteiger partial charge in [-0.05, 0) is 60.8 Å². The highest BCUT2D eigenvalue weighted by atomic mass is 16.2. The Morgan fingerprint density at radius 1 is 1.00 bits per heavy atom. The highest BCUT2D eigenvalue weighted by molar-refractivity contribution is 6.16. The van der Waals surface area contributed by atoms with Crippen molar-refractivity contribution in [2.75, 3.05) is 25.0 Å². The quantitative estimate of drug-likeness (QED) is 0.732. The Kier molecular flexibility index (Phi) is 4.47. The molecule has 0 aromatic heterocycles. The van der Waals surface area contributed by atoms with Crippen molar-refractivity contribution in [1.82, 2.24) is 9.80 Å². The average Bonchev–Trinajstić information content (AvgIpc) is 3.76. The van der Waals surface area contributed by atoms with Gasteiger partial charge < -0.3 is 10.2 Å². The molecule has 3 fully saturated rings. The Hall–Kier alpha value is -3.48. The molecule has 2 aromatic rings. The van der Waals surface area contributed by atoms with Crippen LogP contribution in [0.15, 0.2) is 47.5 Å². The summed E-state index contributed by atoms with van der Waals surface area (Å²) in [6.45, 7) is 2.17. The lowest BCUT2D eigenvalue weighted by Crippen LogP contribution is -2.40. The van der Waals surface area contributed by atoms with Crippen LogP contribution < -0.4 is 5.32 Å². The molecule has 3 aliphatic heterocycles. The molecule has 1 saturated heterocycles. The number of nitrogens with one attached hydrogen (secondary N) is 1. The number of benzene rings is 2. The zero-order chi connectivity index (χ0) is 23.7. The summed E-state index contributed by atoms with van der Waals surface area (Å²) in [7, 11) is 0. The predicted molar refractivity (Wildman–Crippen MR) is 132 cm³/mol. The van der Waals surface area contributed by atoms with Crippen LogP contribution in [0, 0.1) is 11.8 Å². The SMILES string of the molecule is O=C1Cc2ccc(-c3ccc(C4=NC5(CC5)C(=O)N4C[C@@H]4CCN(C(=O)C5CC5)C4)cc3)cc2N1. The molecule has 2 saturated carbocycles. The number of nitrogens with zero attached hydrogens (tertiary/aromatic N) is 3. The maximum atomic E-state index is 13.3. The van der Waals surface area contributed by atoms with E-state index in [0.29, 0.717) is 24.8 Å². The molecule has 1 N–H and O–H groups in total. The molecule has 0 radical (unpaired) electrons. The molecular formula is C28H28N4O3. The monoisotopic (exact) mass is 468 g/mol.